The topological polar surface area (TPSA) is 107 Å². The fraction of sp³-hybridized carbons (Fsp3) is 0.235. The number of aliphatic hydroxyl groups excluding tert-OH is 1. The minimum absolute atomic E-state index is 0.142. The molecule has 0 aromatic heterocycles. The molecule has 0 aliphatic carbocycles. The second-order valence-electron chi connectivity index (χ2n) is 5.08. The van der Waals surface area contributed by atoms with Crippen LogP contribution in [0.1, 0.15) is 23.7 Å². The summed E-state index contributed by atoms with van der Waals surface area (Å²) in [6.07, 6.45) is -2.57. The molecule has 0 saturated heterocycles. The highest BCUT2D eigenvalue weighted by Crippen LogP contribution is 2.29. The second-order valence-corrected chi connectivity index (χ2v) is 5.08. The van der Waals surface area contributed by atoms with Gasteiger partial charge in [0.1, 0.15) is 17.6 Å². The van der Waals surface area contributed by atoms with Crippen molar-refractivity contribution in [3.63, 3.8) is 0 Å². The number of carboxylic acids is 1. The molecule has 0 radical (unpaired) electrons. The van der Waals surface area contributed by atoms with Gasteiger partial charge in [-0.25, -0.2) is 0 Å². The van der Waals surface area contributed by atoms with Gasteiger partial charge in [-0.1, -0.05) is 36.4 Å². The van der Waals surface area contributed by atoms with E-state index in [0.717, 1.165) is 0 Å². The van der Waals surface area contributed by atoms with Crippen molar-refractivity contribution in [3.05, 3.63) is 59.7 Å². The second kappa shape index (κ2) is 7.62. The molecule has 2 unspecified atom stereocenters. The van der Waals surface area contributed by atoms with E-state index in [-0.39, 0.29) is 23.7 Å². The highest BCUT2D eigenvalue weighted by molar-refractivity contribution is 5.67. The monoisotopic (exact) mass is 318 g/mol. The number of benzene rings is 2. The van der Waals surface area contributed by atoms with Crippen LogP contribution < -0.4 is 0 Å². The first kappa shape index (κ1) is 16.8. The van der Waals surface area contributed by atoms with E-state index in [2.05, 4.69) is 0 Å². The number of hydrogen-bond donors (Lipinski definition) is 4. The lowest BCUT2D eigenvalue weighted by atomic mass is 10.0. The molecule has 0 saturated carbocycles. The molecular formula is C17H18O6. The Kier molecular flexibility index (Phi) is 5.56. The fourth-order valence-electron chi connectivity index (χ4n) is 2.20. The van der Waals surface area contributed by atoms with Crippen molar-refractivity contribution in [2.45, 2.75) is 25.2 Å². The molecule has 0 spiro atoms. The Morgan fingerprint density at radius 1 is 1.00 bits per heavy atom. The zero-order valence-corrected chi connectivity index (χ0v) is 12.3. The smallest absolute Gasteiger partial charge is 0.306 e. The quantitative estimate of drug-likeness (QED) is 0.623. The maximum Gasteiger partial charge on any atom is 0.306 e. The highest BCUT2D eigenvalue weighted by atomic mass is 16.5. The van der Waals surface area contributed by atoms with E-state index in [9.17, 15) is 20.1 Å². The zero-order chi connectivity index (χ0) is 16.8. The first-order valence-corrected chi connectivity index (χ1v) is 7.05. The maximum absolute atomic E-state index is 11.0. The summed E-state index contributed by atoms with van der Waals surface area (Å²) in [6.45, 7) is -0.222. The molecule has 2 rings (SSSR count). The third-order valence-corrected chi connectivity index (χ3v) is 3.44. The van der Waals surface area contributed by atoms with Gasteiger partial charge in [-0.15, -0.1) is 0 Å². The van der Waals surface area contributed by atoms with E-state index >= 15 is 0 Å². The van der Waals surface area contributed by atoms with Crippen LogP contribution in [0.5, 0.6) is 11.5 Å². The number of carboxylic acid groups (broad SMARTS) is 1. The summed E-state index contributed by atoms with van der Waals surface area (Å²) in [5.74, 6) is -1.44. The number of ether oxygens (including phenoxy) is 1. The number of carbonyl (C=O) groups is 1. The normalized spacial score (nSPS) is 13.4. The van der Waals surface area contributed by atoms with Crippen LogP contribution >= 0.6 is 0 Å². The number of aliphatic hydroxyl groups is 1. The van der Waals surface area contributed by atoms with Crippen LogP contribution in [-0.4, -0.2) is 32.5 Å². The van der Waals surface area contributed by atoms with Gasteiger partial charge in [-0.3, -0.25) is 4.79 Å². The molecule has 6 nitrogen and oxygen atoms in total. The molecule has 0 bridgehead atoms. The van der Waals surface area contributed by atoms with Crippen molar-refractivity contribution < 1.29 is 30.0 Å². The molecule has 122 valence electrons. The number of hydrogen-bond acceptors (Lipinski definition) is 5. The molecule has 2 atom stereocenters. The van der Waals surface area contributed by atoms with Crippen molar-refractivity contribution in [1.82, 2.24) is 0 Å². The summed E-state index contributed by atoms with van der Waals surface area (Å²) < 4.78 is 5.47. The first-order chi connectivity index (χ1) is 11.0. The largest absolute Gasteiger partial charge is 0.507 e. The molecule has 2 aromatic carbocycles. The van der Waals surface area contributed by atoms with Gasteiger partial charge in [0.15, 0.2) is 0 Å². The lowest BCUT2D eigenvalue weighted by Gasteiger charge is -2.23. The van der Waals surface area contributed by atoms with Gasteiger partial charge in [-0.05, 0) is 17.7 Å². The van der Waals surface area contributed by atoms with E-state index in [1.165, 1.54) is 18.2 Å². The average molecular weight is 318 g/mol. The molecule has 0 aliphatic rings. The van der Waals surface area contributed by atoms with Gasteiger partial charge in [0.05, 0.1) is 24.7 Å². The molecule has 2 aromatic rings. The predicted octanol–water partition coefficient (Wildman–Crippen LogP) is 2.19. The molecule has 0 heterocycles. The summed E-state index contributed by atoms with van der Waals surface area (Å²) in [5, 5.41) is 38.8. The zero-order valence-electron chi connectivity index (χ0n) is 12.3. The predicted molar refractivity (Wildman–Crippen MR) is 82.0 cm³/mol. The van der Waals surface area contributed by atoms with Crippen LogP contribution in [0.25, 0.3) is 0 Å². The highest BCUT2D eigenvalue weighted by Gasteiger charge is 2.25. The van der Waals surface area contributed by atoms with Crippen LogP contribution in [0.4, 0.5) is 0 Å². The number of aliphatic carboxylic acids is 1. The summed E-state index contributed by atoms with van der Waals surface area (Å²) >= 11 is 0. The Balaban J connectivity index is 2.14. The summed E-state index contributed by atoms with van der Waals surface area (Å²) in [4.78, 5) is 11.0. The van der Waals surface area contributed by atoms with Gasteiger partial charge in [0.2, 0.25) is 0 Å². The standard InChI is InChI=1S/C17H18O6/c18-13-7-4-8-14(19)12(13)10-23-15(9-16(20)21)17(22)11-5-2-1-3-6-11/h1-8,15,17-19,22H,9-10H2,(H,20,21). The maximum atomic E-state index is 11.0. The van der Waals surface area contributed by atoms with E-state index < -0.39 is 24.6 Å². The number of phenolic OH excluding ortho intramolecular Hbond substituents is 2. The SMILES string of the molecule is O=C(O)CC(OCc1c(O)cccc1O)C(O)c1ccccc1. The van der Waals surface area contributed by atoms with Crippen molar-refractivity contribution in [2.24, 2.45) is 0 Å². The summed E-state index contributed by atoms with van der Waals surface area (Å²) in [5.41, 5.74) is 0.670. The Hall–Kier alpha value is -2.57. The molecule has 23 heavy (non-hydrogen) atoms. The van der Waals surface area contributed by atoms with Crippen molar-refractivity contribution in [3.8, 4) is 11.5 Å². The number of rotatable bonds is 7. The Morgan fingerprint density at radius 2 is 1.61 bits per heavy atom. The van der Waals surface area contributed by atoms with Gasteiger partial charge in [0, 0.05) is 0 Å². The van der Waals surface area contributed by atoms with Crippen LogP contribution in [0, 0.1) is 0 Å². The van der Waals surface area contributed by atoms with Gasteiger partial charge < -0.3 is 25.2 Å². The summed E-state index contributed by atoms with van der Waals surface area (Å²) in [6, 6.07) is 12.8. The molecule has 0 amide bonds. The number of phenols is 2. The van der Waals surface area contributed by atoms with Crippen LogP contribution in [0.2, 0.25) is 0 Å². The third kappa shape index (κ3) is 4.45. The first-order valence-electron chi connectivity index (χ1n) is 7.05. The lowest BCUT2D eigenvalue weighted by molar-refractivity contribution is -0.144. The van der Waals surface area contributed by atoms with Crippen LogP contribution in [0.15, 0.2) is 48.5 Å². The van der Waals surface area contributed by atoms with Crippen LogP contribution in [0.3, 0.4) is 0 Å². The Morgan fingerprint density at radius 3 is 2.17 bits per heavy atom. The lowest BCUT2D eigenvalue weighted by Crippen LogP contribution is -2.25. The van der Waals surface area contributed by atoms with Crippen LogP contribution in [-0.2, 0) is 16.1 Å². The summed E-state index contributed by atoms with van der Waals surface area (Å²) in [7, 11) is 0. The molecule has 0 fully saturated rings. The van der Waals surface area contributed by atoms with Crippen molar-refractivity contribution in [1.29, 1.82) is 0 Å². The van der Waals surface area contributed by atoms with Crippen molar-refractivity contribution >= 4 is 5.97 Å². The van der Waals surface area contributed by atoms with Gasteiger partial charge in [-0.2, -0.15) is 0 Å². The minimum atomic E-state index is -1.14. The van der Waals surface area contributed by atoms with E-state index in [1.54, 1.807) is 30.3 Å². The van der Waals surface area contributed by atoms with E-state index in [4.69, 9.17) is 9.84 Å². The van der Waals surface area contributed by atoms with Gasteiger partial charge >= 0.3 is 5.97 Å². The Labute approximate surface area is 133 Å². The van der Waals surface area contributed by atoms with Crippen molar-refractivity contribution in [2.75, 3.05) is 0 Å². The Bertz CT molecular complexity index is 635. The molecule has 0 aliphatic heterocycles. The van der Waals surface area contributed by atoms with E-state index in [1.807, 2.05) is 0 Å². The molecular weight excluding hydrogens is 300 g/mol. The van der Waals surface area contributed by atoms with Gasteiger partial charge in [0.25, 0.3) is 0 Å². The minimum Gasteiger partial charge on any atom is -0.507 e. The molecule has 4 N–H and O–H groups in total. The number of aromatic hydroxyl groups is 2. The van der Waals surface area contributed by atoms with E-state index in [0.29, 0.717) is 5.56 Å². The molecule has 6 heteroatoms. The average Bonchev–Trinajstić information content (AvgIpc) is 2.53. The fourth-order valence-corrected chi connectivity index (χ4v) is 2.20. The third-order valence-electron chi connectivity index (χ3n) is 3.44.